The Morgan fingerprint density at radius 2 is 2.03 bits per heavy atom. The van der Waals surface area contributed by atoms with Gasteiger partial charge >= 0.3 is 6.18 Å². The Bertz CT molecular complexity index is 1090. The summed E-state index contributed by atoms with van der Waals surface area (Å²) in [6.07, 6.45) is -5.40. The molecule has 0 aliphatic carbocycles. The van der Waals surface area contributed by atoms with Crippen LogP contribution in [0.3, 0.4) is 0 Å². The number of benzene rings is 1. The molecular formula is C20H19F4N7OS. The van der Waals surface area contributed by atoms with Gasteiger partial charge in [0.25, 0.3) is 0 Å². The third-order valence-electron chi connectivity index (χ3n) is 4.74. The first-order valence-corrected chi connectivity index (χ1v) is 10.8. The fraction of sp³-hybridized carbons (Fsp3) is 0.350. The Kier molecular flexibility index (Phi) is 6.77. The van der Waals surface area contributed by atoms with Gasteiger partial charge < -0.3 is 10.2 Å². The minimum absolute atomic E-state index is 0.240. The highest BCUT2D eigenvalue weighted by Crippen LogP contribution is 2.30. The summed E-state index contributed by atoms with van der Waals surface area (Å²) >= 11 is 1.23. The highest BCUT2D eigenvalue weighted by Gasteiger charge is 2.30. The van der Waals surface area contributed by atoms with E-state index in [1.165, 1.54) is 18.1 Å². The Hall–Kier alpha value is -3.22. The van der Waals surface area contributed by atoms with Gasteiger partial charge in [-0.1, -0.05) is 12.1 Å². The van der Waals surface area contributed by atoms with Gasteiger partial charge in [0, 0.05) is 23.9 Å². The van der Waals surface area contributed by atoms with Gasteiger partial charge in [0.1, 0.15) is 36.3 Å². The molecule has 3 heterocycles. The van der Waals surface area contributed by atoms with Gasteiger partial charge in [-0.2, -0.15) is 23.3 Å². The normalized spacial score (nSPS) is 16.2. The molecule has 13 heteroatoms. The zero-order valence-electron chi connectivity index (χ0n) is 17.1. The largest absolute Gasteiger partial charge is 0.395 e. The number of H-pyrrole nitrogens is 1. The summed E-state index contributed by atoms with van der Waals surface area (Å²) in [7, 11) is 0. The molecule has 2 aromatic heterocycles. The molecule has 2 N–H and O–H groups in total. The van der Waals surface area contributed by atoms with Crippen LogP contribution in [0.5, 0.6) is 0 Å². The van der Waals surface area contributed by atoms with Crippen molar-refractivity contribution in [3.8, 4) is 0 Å². The number of hydrogen-bond donors (Lipinski definition) is 2. The van der Waals surface area contributed by atoms with Crippen LogP contribution in [0.25, 0.3) is 0 Å². The number of aromatic amines is 1. The quantitative estimate of drug-likeness (QED) is 0.367. The third-order valence-corrected chi connectivity index (χ3v) is 5.61. The number of Topliss-reactive ketones (excluding diaryl/α,β-unsaturated/α-hetero) is 1. The number of alkyl halides is 4. The van der Waals surface area contributed by atoms with Crippen LogP contribution < -0.4 is 10.2 Å². The number of nitrogens with one attached hydrogen (secondary N) is 2. The van der Waals surface area contributed by atoms with Crippen molar-refractivity contribution in [2.45, 2.75) is 41.7 Å². The number of rotatable bonds is 8. The van der Waals surface area contributed by atoms with Gasteiger partial charge in [0.05, 0.1) is 6.54 Å². The SMILES string of the molecule is O=C(Cc1ccc(Sc2nc(Nc3ncn[nH]3)cc(N3CC[C@H](F)C3)n2)cc1)CC(F)(F)F. The van der Waals surface area contributed by atoms with Gasteiger partial charge in [-0.05, 0) is 35.9 Å². The lowest BCUT2D eigenvalue weighted by atomic mass is 10.1. The Balaban J connectivity index is 1.49. The fourth-order valence-corrected chi connectivity index (χ4v) is 4.06. The van der Waals surface area contributed by atoms with E-state index in [4.69, 9.17) is 0 Å². The molecule has 1 aliphatic heterocycles. The topological polar surface area (TPSA) is 99.7 Å². The smallest absolute Gasteiger partial charge is 0.353 e. The fourth-order valence-electron chi connectivity index (χ4n) is 3.29. The second kappa shape index (κ2) is 9.73. The van der Waals surface area contributed by atoms with Crippen LogP contribution in [0.1, 0.15) is 18.4 Å². The zero-order valence-corrected chi connectivity index (χ0v) is 18.0. The van der Waals surface area contributed by atoms with Crippen LogP contribution in [-0.2, 0) is 11.2 Å². The van der Waals surface area contributed by atoms with Gasteiger partial charge in [-0.3, -0.25) is 4.79 Å². The average molecular weight is 481 g/mol. The maximum atomic E-state index is 13.7. The van der Waals surface area contributed by atoms with Crippen molar-refractivity contribution in [3.05, 3.63) is 42.2 Å². The van der Waals surface area contributed by atoms with Crippen LogP contribution in [0.2, 0.25) is 0 Å². The van der Waals surface area contributed by atoms with E-state index in [0.29, 0.717) is 41.3 Å². The molecule has 0 amide bonds. The Morgan fingerprint density at radius 3 is 2.67 bits per heavy atom. The predicted octanol–water partition coefficient (Wildman–Crippen LogP) is 4.10. The summed E-state index contributed by atoms with van der Waals surface area (Å²) in [6, 6.07) is 8.27. The van der Waals surface area contributed by atoms with E-state index in [1.807, 2.05) is 4.90 Å². The molecule has 1 fully saturated rings. The molecule has 4 rings (SSSR count). The molecule has 0 unspecified atom stereocenters. The molecule has 174 valence electrons. The van der Waals surface area contributed by atoms with Crippen molar-refractivity contribution in [1.82, 2.24) is 25.1 Å². The molecule has 1 atom stereocenters. The summed E-state index contributed by atoms with van der Waals surface area (Å²) in [4.78, 5) is 27.1. The van der Waals surface area contributed by atoms with E-state index in [2.05, 4.69) is 30.5 Å². The van der Waals surface area contributed by atoms with Gasteiger partial charge in [0.2, 0.25) is 5.95 Å². The van der Waals surface area contributed by atoms with Gasteiger partial charge in [-0.25, -0.2) is 19.5 Å². The molecule has 0 radical (unpaired) electrons. The summed E-state index contributed by atoms with van der Waals surface area (Å²) in [5.74, 6) is 0.493. The number of halogens is 4. The number of anilines is 3. The summed E-state index contributed by atoms with van der Waals surface area (Å²) in [5.41, 5.74) is 0.488. The van der Waals surface area contributed by atoms with E-state index in [1.54, 1.807) is 30.3 Å². The number of hydrogen-bond acceptors (Lipinski definition) is 8. The van der Waals surface area contributed by atoms with Crippen molar-refractivity contribution in [3.63, 3.8) is 0 Å². The summed E-state index contributed by atoms with van der Waals surface area (Å²) in [6.45, 7) is 0.772. The minimum atomic E-state index is -4.51. The van der Waals surface area contributed by atoms with Crippen LogP contribution >= 0.6 is 11.8 Å². The third kappa shape index (κ3) is 6.63. The molecule has 3 aromatic rings. The highest BCUT2D eigenvalue weighted by molar-refractivity contribution is 7.99. The van der Waals surface area contributed by atoms with Crippen LogP contribution in [0.15, 0.2) is 46.7 Å². The molecule has 0 spiro atoms. The second-order valence-electron chi connectivity index (χ2n) is 7.44. The standard InChI is InChI=1S/C20H19F4N7OS/c21-13-5-6-31(10-13)17-8-16(27-18-25-11-26-30-18)28-19(29-17)33-15-3-1-12(2-4-15)7-14(32)9-20(22,23)24/h1-4,8,11,13H,5-7,9-10H2,(H2,25,26,27,28,29,30)/t13-/m0/s1. The molecule has 1 aliphatic rings. The Labute approximate surface area is 190 Å². The van der Waals surface area contributed by atoms with E-state index in [-0.39, 0.29) is 13.0 Å². The molecule has 1 aromatic carbocycles. The second-order valence-corrected chi connectivity index (χ2v) is 8.48. The van der Waals surface area contributed by atoms with Crippen molar-refractivity contribution in [2.24, 2.45) is 0 Å². The van der Waals surface area contributed by atoms with Crippen molar-refractivity contribution in [1.29, 1.82) is 0 Å². The van der Waals surface area contributed by atoms with Crippen LogP contribution in [-0.4, -0.2) is 56.4 Å². The molecular weight excluding hydrogens is 462 g/mol. The molecule has 0 bridgehead atoms. The van der Waals surface area contributed by atoms with Crippen LogP contribution in [0, 0.1) is 0 Å². The van der Waals surface area contributed by atoms with Gasteiger partial charge in [-0.15, -0.1) is 0 Å². The maximum absolute atomic E-state index is 13.7. The first-order valence-electron chi connectivity index (χ1n) is 9.99. The number of aromatic nitrogens is 5. The zero-order chi connectivity index (χ0) is 23.4. The number of carbonyl (C=O) groups excluding carboxylic acids is 1. The lowest BCUT2D eigenvalue weighted by Crippen LogP contribution is -2.21. The van der Waals surface area contributed by atoms with Crippen molar-refractivity contribution < 1.29 is 22.4 Å². The number of nitrogens with zero attached hydrogens (tertiary/aromatic N) is 5. The Morgan fingerprint density at radius 1 is 1.24 bits per heavy atom. The van der Waals surface area contributed by atoms with Gasteiger partial charge in [0.15, 0.2) is 5.16 Å². The number of ketones is 1. The first kappa shape index (κ1) is 23.0. The van der Waals surface area contributed by atoms with E-state index in [9.17, 15) is 22.4 Å². The van der Waals surface area contributed by atoms with Crippen molar-refractivity contribution in [2.75, 3.05) is 23.3 Å². The monoisotopic (exact) mass is 481 g/mol. The maximum Gasteiger partial charge on any atom is 0.395 e. The first-order chi connectivity index (χ1) is 15.7. The highest BCUT2D eigenvalue weighted by atomic mass is 32.2. The molecule has 0 saturated carbocycles. The summed E-state index contributed by atoms with van der Waals surface area (Å²) < 4.78 is 50.8. The van der Waals surface area contributed by atoms with E-state index in [0.717, 1.165) is 4.90 Å². The van der Waals surface area contributed by atoms with Crippen LogP contribution in [0.4, 0.5) is 35.1 Å². The van der Waals surface area contributed by atoms with E-state index >= 15 is 0 Å². The average Bonchev–Trinajstić information content (AvgIpc) is 3.40. The van der Waals surface area contributed by atoms with E-state index < -0.39 is 24.6 Å². The van der Waals surface area contributed by atoms with Crippen molar-refractivity contribution >= 4 is 35.1 Å². The molecule has 1 saturated heterocycles. The lowest BCUT2D eigenvalue weighted by molar-refractivity contribution is -0.151. The molecule has 33 heavy (non-hydrogen) atoms. The summed E-state index contributed by atoms with van der Waals surface area (Å²) in [5, 5.41) is 9.83. The number of carbonyl (C=O) groups is 1. The predicted molar refractivity (Wildman–Crippen MR) is 113 cm³/mol. The molecule has 8 nitrogen and oxygen atoms in total. The minimum Gasteiger partial charge on any atom is -0.353 e. The lowest BCUT2D eigenvalue weighted by Gasteiger charge is -2.18.